The summed E-state index contributed by atoms with van der Waals surface area (Å²) in [5.41, 5.74) is 11.8. The van der Waals surface area contributed by atoms with Gasteiger partial charge < -0.3 is 16.2 Å². The highest BCUT2D eigenvalue weighted by Crippen LogP contribution is 2.35. The molecule has 0 aromatic heterocycles. The quantitative estimate of drug-likeness (QED) is 0.795. The first-order valence-corrected chi connectivity index (χ1v) is 5.80. The van der Waals surface area contributed by atoms with Crippen LogP contribution in [-0.4, -0.2) is 17.6 Å². The van der Waals surface area contributed by atoms with Crippen LogP contribution in [0.2, 0.25) is 0 Å². The van der Waals surface area contributed by atoms with Gasteiger partial charge in [-0.1, -0.05) is 30.3 Å². The zero-order valence-electron chi connectivity index (χ0n) is 9.76. The minimum atomic E-state index is -0.437. The van der Waals surface area contributed by atoms with Crippen LogP contribution in [0.25, 0.3) is 0 Å². The van der Waals surface area contributed by atoms with Crippen LogP contribution in [0.4, 0.5) is 0 Å². The molecule has 1 amide bonds. The maximum atomic E-state index is 10.8. The van der Waals surface area contributed by atoms with Crippen molar-refractivity contribution >= 4 is 5.91 Å². The number of primary amides is 1. The molecule has 1 aliphatic rings. The Balaban J connectivity index is 1.72. The van der Waals surface area contributed by atoms with Crippen molar-refractivity contribution in [2.24, 2.45) is 11.5 Å². The molecule has 0 spiro atoms. The summed E-state index contributed by atoms with van der Waals surface area (Å²) in [6, 6.07) is 10.00. The van der Waals surface area contributed by atoms with Crippen molar-refractivity contribution < 1.29 is 9.53 Å². The average molecular weight is 234 g/mol. The summed E-state index contributed by atoms with van der Waals surface area (Å²) in [6.07, 6.45) is 1.82. The van der Waals surface area contributed by atoms with Gasteiger partial charge >= 0.3 is 0 Å². The summed E-state index contributed by atoms with van der Waals surface area (Å²) in [4.78, 5) is 10.8. The van der Waals surface area contributed by atoms with Crippen LogP contribution in [0, 0.1) is 0 Å². The van der Waals surface area contributed by atoms with E-state index >= 15 is 0 Å². The molecule has 0 atom stereocenters. The van der Waals surface area contributed by atoms with Gasteiger partial charge in [0.25, 0.3) is 0 Å². The van der Waals surface area contributed by atoms with Gasteiger partial charge in [-0.05, 0) is 18.4 Å². The maximum Gasteiger partial charge on any atom is 0.219 e. The first-order valence-electron chi connectivity index (χ1n) is 5.80. The lowest BCUT2D eigenvalue weighted by Gasteiger charge is -2.43. The fourth-order valence-electron chi connectivity index (χ4n) is 2.24. The topological polar surface area (TPSA) is 78.3 Å². The van der Waals surface area contributed by atoms with E-state index in [1.807, 2.05) is 30.3 Å². The Hall–Kier alpha value is -1.39. The Morgan fingerprint density at radius 2 is 2.00 bits per heavy atom. The Morgan fingerprint density at radius 3 is 2.59 bits per heavy atom. The molecule has 4 N–H and O–H groups in total. The Morgan fingerprint density at radius 1 is 1.35 bits per heavy atom. The number of rotatable bonds is 5. The maximum absolute atomic E-state index is 10.8. The molecule has 17 heavy (non-hydrogen) atoms. The van der Waals surface area contributed by atoms with Crippen molar-refractivity contribution in [2.75, 3.05) is 0 Å². The molecule has 0 radical (unpaired) electrons. The molecule has 0 bridgehead atoms. The van der Waals surface area contributed by atoms with Gasteiger partial charge in [-0.2, -0.15) is 0 Å². The lowest BCUT2D eigenvalue weighted by molar-refractivity contribution is -0.122. The van der Waals surface area contributed by atoms with Crippen LogP contribution >= 0.6 is 0 Å². The number of carbonyl (C=O) groups excluding carboxylic acids is 1. The predicted octanol–water partition coefficient (Wildman–Crippen LogP) is 0.938. The number of amides is 1. The third-order valence-electron chi connectivity index (χ3n) is 3.12. The van der Waals surface area contributed by atoms with Crippen LogP contribution in [0.15, 0.2) is 30.3 Å². The Kier molecular flexibility index (Phi) is 3.45. The molecule has 2 rings (SSSR count). The van der Waals surface area contributed by atoms with E-state index in [0.717, 1.165) is 5.56 Å². The minimum Gasteiger partial charge on any atom is -0.373 e. The van der Waals surface area contributed by atoms with Crippen LogP contribution in [-0.2, 0) is 16.1 Å². The van der Waals surface area contributed by atoms with Gasteiger partial charge in [0.1, 0.15) is 0 Å². The third-order valence-corrected chi connectivity index (χ3v) is 3.12. The first-order chi connectivity index (χ1) is 8.07. The SMILES string of the molecule is NC(=O)CC1(N)CC(OCc2ccccc2)C1. The van der Waals surface area contributed by atoms with E-state index < -0.39 is 5.54 Å². The molecule has 0 saturated heterocycles. The van der Waals surface area contributed by atoms with Crippen molar-refractivity contribution in [1.82, 2.24) is 0 Å². The standard InChI is InChI=1S/C13H18N2O2/c14-12(16)8-13(15)6-11(7-13)17-9-10-4-2-1-3-5-10/h1-5,11H,6-9,15H2,(H2,14,16). The van der Waals surface area contributed by atoms with Crippen molar-refractivity contribution in [3.05, 3.63) is 35.9 Å². The van der Waals surface area contributed by atoms with E-state index in [4.69, 9.17) is 16.2 Å². The Bertz CT molecular complexity index is 386. The molecule has 0 heterocycles. The highest BCUT2D eigenvalue weighted by atomic mass is 16.5. The molecule has 0 unspecified atom stereocenters. The number of hydrogen-bond donors (Lipinski definition) is 2. The molecular formula is C13H18N2O2. The molecule has 1 aromatic carbocycles. The second-order valence-electron chi connectivity index (χ2n) is 4.83. The number of hydrogen-bond acceptors (Lipinski definition) is 3. The van der Waals surface area contributed by atoms with Gasteiger partial charge in [0.2, 0.25) is 5.91 Å². The van der Waals surface area contributed by atoms with Crippen LogP contribution in [0.3, 0.4) is 0 Å². The molecule has 1 aromatic rings. The van der Waals surface area contributed by atoms with Crippen LogP contribution in [0.5, 0.6) is 0 Å². The molecule has 1 saturated carbocycles. The summed E-state index contributed by atoms with van der Waals surface area (Å²) in [5, 5.41) is 0. The smallest absolute Gasteiger partial charge is 0.219 e. The van der Waals surface area contributed by atoms with Gasteiger partial charge in [0, 0.05) is 12.0 Å². The van der Waals surface area contributed by atoms with E-state index in [0.29, 0.717) is 19.4 Å². The molecule has 1 aliphatic carbocycles. The fourth-order valence-corrected chi connectivity index (χ4v) is 2.24. The zero-order chi connectivity index (χ0) is 12.3. The predicted molar refractivity (Wildman–Crippen MR) is 65.0 cm³/mol. The molecule has 1 fully saturated rings. The number of benzene rings is 1. The van der Waals surface area contributed by atoms with Gasteiger partial charge in [0.05, 0.1) is 12.7 Å². The second kappa shape index (κ2) is 4.85. The largest absolute Gasteiger partial charge is 0.373 e. The van der Waals surface area contributed by atoms with Gasteiger partial charge in [-0.3, -0.25) is 4.79 Å². The normalized spacial score (nSPS) is 27.5. The van der Waals surface area contributed by atoms with Crippen molar-refractivity contribution in [3.63, 3.8) is 0 Å². The van der Waals surface area contributed by atoms with E-state index in [-0.39, 0.29) is 18.4 Å². The van der Waals surface area contributed by atoms with E-state index in [1.165, 1.54) is 0 Å². The van der Waals surface area contributed by atoms with Crippen molar-refractivity contribution in [3.8, 4) is 0 Å². The first kappa shape index (κ1) is 12.1. The van der Waals surface area contributed by atoms with E-state index in [2.05, 4.69) is 0 Å². The molecule has 4 nitrogen and oxygen atoms in total. The van der Waals surface area contributed by atoms with Gasteiger partial charge in [-0.15, -0.1) is 0 Å². The molecular weight excluding hydrogens is 216 g/mol. The number of carbonyl (C=O) groups is 1. The summed E-state index contributed by atoms with van der Waals surface area (Å²) in [6.45, 7) is 0.595. The summed E-state index contributed by atoms with van der Waals surface area (Å²) >= 11 is 0. The Labute approximate surface area is 101 Å². The molecule has 4 heteroatoms. The summed E-state index contributed by atoms with van der Waals surface area (Å²) in [7, 11) is 0. The van der Waals surface area contributed by atoms with Crippen LogP contribution in [0.1, 0.15) is 24.8 Å². The molecule has 0 aliphatic heterocycles. The highest BCUT2D eigenvalue weighted by molar-refractivity contribution is 5.75. The van der Waals surface area contributed by atoms with Crippen molar-refractivity contribution in [2.45, 2.75) is 37.5 Å². The summed E-state index contributed by atoms with van der Waals surface area (Å²) < 4.78 is 5.71. The third kappa shape index (κ3) is 3.28. The number of ether oxygens (including phenoxy) is 1. The van der Waals surface area contributed by atoms with Gasteiger partial charge in [-0.25, -0.2) is 0 Å². The van der Waals surface area contributed by atoms with E-state index in [1.54, 1.807) is 0 Å². The van der Waals surface area contributed by atoms with Crippen LogP contribution < -0.4 is 11.5 Å². The lowest BCUT2D eigenvalue weighted by Crippen LogP contribution is -2.57. The fraction of sp³-hybridized carbons (Fsp3) is 0.462. The minimum absolute atomic E-state index is 0.152. The lowest BCUT2D eigenvalue weighted by atomic mass is 9.72. The van der Waals surface area contributed by atoms with Gasteiger partial charge in [0.15, 0.2) is 0 Å². The monoisotopic (exact) mass is 234 g/mol. The van der Waals surface area contributed by atoms with Crippen molar-refractivity contribution in [1.29, 1.82) is 0 Å². The zero-order valence-corrected chi connectivity index (χ0v) is 9.76. The van der Waals surface area contributed by atoms with E-state index in [9.17, 15) is 4.79 Å². The number of nitrogens with two attached hydrogens (primary N) is 2. The highest BCUT2D eigenvalue weighted by Gasteiger charge is 2.42. The summed E-state index contributed by atoms with van der Waals surface area (Å²) in [5.74, 6) is -0.339. The average Bonchev–Trinajstić information content (AvgIpc) is 2.24. The molecule has 92 valence electrons. The second-order valence-corrected chi connectivity index (χ2v) is 4.83.